The first-order valence-corrected chi connectivity index (χ1v) is 12.0. The maximum atomic E-state index is 12.1. The van der Waals surface area contributed by atoms with E-state index in [9.17, 15) is 9.90 Å². The summed E-state index contributed by atoms with van der Waals surface area (Å²) < 4.78 is 12.7. The molecule has 0 aliphatic carbocycles. The molecule has 2 atom stereocenters. The van der Waals surface area contributed by atoms with Gasteiger partial charge in [-0.05, 0) is 54.3 Å². The van der Waals surface area contributed by atoms with E-state index < -0.39 is 12.0 Å². The fraction of sp³-hybridized carbons (Fsp3) is 0.296. The Labute approximate surface area is 203 Å². The fourth-order valence-electron chi connectivity index (χ4n) is 4.48. The van der Waals surface area contributed by atoms with E-state index in [0.717, 1.165) is 40.5 Å². The second kappa shape index (κ2) is 10.9. The molecule has 0 aromatic heterocycles. The molecule has 33 heavy (non-hydrogen) atoms. The number of likely N-dealkylation sites (tertiary alicyclic amines) is 1. The lowest BCUT2D eigenvalue weighted by molar-refractivity contribution is -0.145. The van der Waals surface area contributed by atoms with Crippen LogP contribution in [0.3, 0.4) is 0 Å². The number of carbonyl (C=O) groups is 1. The molecule has 2 unspecified atom stereocenters. The molecule has 1 saturated heterocycles. The van der Waals surface area contributed by atoms with Gasteiger partial charge in [0.2, 0.25) is 0 Å². The summed E-state index contributed by atoms with van der Waals surface area (Å²) in [5.74, 6) is 0.510. The van der Waals surface area contributed by atoms with E-state index in [1.54, 1.807) is 7.11 Å². The summed E-state index contributed by atoms with van der Waals surface area (Å²) in [7, 11) is 1.63. The van der Waals surface area contributed by atoms with Crippen LogP contribution in [0, 0.1) is 0 Å². The molecule has 0 radical (unpaired) electrons. The quantitative estimate of drug-likeness (QED) is 0.399. The average molecular weight is 510 g/mol. The van der Waals surface area contributed by atoms with Crippen LogP contribution in [0.15, 0.2) is 77.3 Å². The van der Waals surface area contributed by atoms with Gasteiger partial charge >= 0.3 is 5.97 Å². The van der Waals surface area contributed by atoms with Crippen LogP contribution in [0.1, 0.15) is 42.0 Å². The van der Waals surface area contributed by atoms with Crippen molar-refractivity contribution in [1.29, 1.82) is 0 Å². The van der Waals surface area contributed by atoms with Gasteiger partial charge in [0.1, 0.15) is 12.6 Å². The second-order valence-corrected chi connectivity index (χ2v) is 9.05. The van der Waals surface area contributed by atoms with Gasteiger partial charge in [-0.2, -0.15) is 0 Å². The summed E-state index contributed by atoms with van der Waals surface area (Å²) in [6.45, 7) is 1.16. The van der Waals surface area contributed by atoms with E-state index in [1.807, 2.05) is 66.7 Å². The Morgan fingerprint density at radius 3 is 2.55 bits per heavy atom. The number of carboxylic acid groups (broad SMARTS) is 1. The zero-order valence-corrected chi connectivity index (χ0v) is 20.2. The minimum Gasteiger partial charge on any atom is -0.493 e. The molecule has 0 spiro atoms. The summed E-state index contributed by atoms with van der Waals surface area (Å²) in [6, 6.07) is 23.1. The molecule has 172 valence electrons. The fourth-order valence-corrected chi connectivity index (χ4v) is 4.99. The Morgan fingerprint density at radius 2 is 1.82 bits per heavy atom. The minimum absolute atomic E-state index is 0.223. The van der Waals surface area contributed by atoms with Crippen LogP contribution >= 0.6 is 15.9 Å². The Morgan fingerprint density at radius 1 is 1.06 bits per heavy atom. The van der Waals surface area contributed by atoms with Crippen LogP contribution in [0.5, 0.6) is 11.5 Å². The summed E-state index contributed by atoms with van der Waals surface area (Å²) in [4.78, 5) is 14.2. The van der Waals surface area contributed by atoms with Crippen LogP contribution in [0.2, 0.25) is 0 Å². The molecule has 3 aromatic rings. The van der Waals surface area contributed by atoms with Crippen molar-refractivity contribution >= 4 is 21.9 Å². The first-order valence-electron chi connectivity index (χ1n) is 11.2. The third-order valence-electron chi connectivity index (χ3n) is 6.10. The van der Waals surface area contributed by atoms with E-state index in [2.05, 4.69) is 26.9 Å². The van der Waals surface area contributed by atoms with Crippen LogP contribution < -0.4 is 9.47 Å². The molecule has 1 aliphatic heterocycles. The maximum absolute atomic E-state index is 12.1. The lowest BCUT2D eigenvalue weighted by Gasteiger charge is -2.40. The molecule has 4 rings (SSSR count). The largest absolute Gasteiger partial charge is 0.493 e. The van der Waals surface area contributed by atoms with E-state index in [1.165, 1.54) is 0 Å². The predicted octanol–water partition coefficient (Wildman–Crippen LogP) is 6.07. The van der Waals surface area contributed by atoms with Gasteiger partial charge in [-0.1, -0.05) is 76.9 Å². The van der Waals surface area contributed by atoms with Crippen molar-refractivity contribution in [2.45, 2.75) is 38.0 Å². The molecule has 1 aliphatic rings. The average Bonchev–Trinajstić information content (AvgIpc) is 2.85. The number of halogens is 1. The van der Waals surface area contributed by atoms with E-state index in [0.29, 0.717) is 24.5 Å². The number of benzene rings is 3. The highest BCUT2D eigenvalue weighted by Crippen LogP contribution is 2.40. The summed E-state index contributed by atoms with van der Waals surface area (Å²) in [6.07, 6.45) is 2.54. The van der Waals surface area contributed by atoms with Crippen molar-refractivity contribution in [1.82, 2.24) is 4.90 Å². The summed E-state index contributed by atoms with van der Waals surface area (Å²) >= 11 is 3.69. The third-order valence-corrected chi connectivity index (χ3v) is 6.82. The van der Waals surface area contributed by atoms with Crippen LogP contribution in [0.25, 0.3) is 0 Å². The number of ether oxygens (including phenoxy) is 2. The van der Waals surface area contributed by atoms with Crippen molar-refractivity contribution in [3.63, 3.8) is 0 Å². The molecule has 0 amide bonds. The van der Waals surface area contributed by atoms with Gasteiger partial charge in [0.05, 0.1) is 13.2 Å². The standard InChI is InChI=1S/C27H28BrNO4/c1-32-25-17-20(14-15-24(25)33-18-19-9-3-2-4-10-19)26(21-11-5-6-12-22(21)28)29-16-8-7-13-23(29)27(30)31/h2-6,9-12,14-15,17,23,26H,7-8,13,16,18H2,1H3,(H,30,31). The van der Waals surface area contributed by atoms with Crippen molar-refractivity contribution in [3.05, 3.63) is 94.0 Å². The van der Waals surface area contributed by atoms with Crippen LogP contribution in [0.4, 0.5) is 0 Å². The van der Waals surface area contributed by atoms with Crippen LogP contribution in [-0.4, -0.2) is 35.7 Å². The Kier molecular flexibility index (Phi) is 7.68. The number of carboxylic acids is 1. The molecular formula is C27H28BrNO4. The predicted molar refractivity (Wildman–Crippen MR) is 132 cm³/mol. The number of hydrogen-bond donors (Lipinski definition) is 1. The zero-order valence-electron chi connectivity index (χ0n) is 18.6. The lowest BCUT2D eigenvalue weighted by atomic mass is 9.91. The van der Waals surface area contributed by atoms with Crippen molar-refractivity contribution in [2.24, 2.45) is 0 Å². The van der Waals surface area contributed by atoms with Crippen molar-refractivity contribution in [2.75, 3.05) is 13.7 Å². The molecule has 0 bridgehead atoms. The number of rotatable bonds is 8. The van der Waals surface area contributed by atoms with Crippen LogP contribution in [-0.2, 0) is 11.4 Å². The van der Waals surface area contributed by atoms with Crippen molar-refractivity contribution < 1.29 is 19.4 Å². The molecule has 1 N–H and O–H groups in total. The minimum atomic E-state index is -0.776. The third kappa shape index (κ3) is 5.40. The summed E-state index contributed by atoms with van der Waals surface area (Å²) in [5, 5.41) is 9.95. The first-order chi connectivity index (χ1) is 16.1. The van der Waals surface area contributed by atoms with E-state index >= 15 is 0 Å². The van der Waals surface area contributed by atoms with E-state index in [4.69, 9.17) is 9.47 Å². The smallest absolute Gasteiger partial charge is 0.320 e. The number of nitrogens with zero attached hydrogens (tertiary/aromatic N) is 1. The van der Waals surface area contributed by atoms with Gasteiger partial charge in [0, 0.05) is 4.47 Å². The normalized spacial score (nSPS) is 17.3. The maximum Gasteiger partial charge on any atom is 0.320 e. The highest BCUT2D eigenvalue weighted by Gasteiger charge is 2.36. The number of hydrogen-bond acceptors (Lipinski definition) is 4. The molecule has 5 nitrogen and oxygen atoms in total. The van der Waals surface area contributed by atoms with E-state index in [-0.39, 0.29) is 6.04 Å². The highest BCUT2D eigenvalue weighted by atomic mass is 79.9. The number of methoxy groups -OCH3 is 1. The summed E-state index contributed by atoms with van der Waals surface area (Å²) in [5.41, 5.74) is 3.08. The topological polar surface area (TPSA) is 59.0 Å². The van der Waals surface area contributed by atoms with Gasteiger partial charge in [0.25, 0.3) is 0 Å². The molecule has 6 heteroatoms. The van der Waals surface area contributed by atoms with Gasteiger partial charge in [-0.3, -0.25) is 9.69 Å². The molecule has 1 fully saturated rings. The van der Waals surface area contributed by atoms with Gasteiger partial charge in [-0.25, -0.2) is 0 Å². The Balaban J connectivity index is 1.70. The second-order valence-electron chi connectivity index (χ2n) is 8.20. The SMILES string of the molecule is COc1cc(C(c2ccccc2Br)N2CCCCC2C(=O)O)ccc1OCc1ccccc1. The highest BCUT2D eigenvalue weighted by molar-refractivity contribution is 9.10. The Hall–Kier alpha value is -2.83. The number of piperidine rings is 1. The van der Waals surface area contributed by atoms with Gasteiger partial charge in [-0.15, -0.1) is 0 Å². The van der Waals surface area contributed by atoms with Gasteiger partial charge in [0.15, 0.2) is 11.5 Å². The Bertz CT molecular complexity index is 1090. The number of aliphatic carboxylic acids is 1. The molecule has 1 heterocycles. The molecular weight excluding hydrogens is 482 g/mol. The first kappa shape index (κ1) is 23.3. The zero-order chi connectivity index (χ0) is 23.2. The van der Waals surface area contributed by atoms with Gasteiger partial charge < -0.3 is 14.6 Å². The lowest BCUT2D eigenvalue weighted by Crippen LogP contribution is -2.46. The molecule has 3 aromatic carbocycles. The monoisotopic (exact) mass is 509 g/mol. The van der Waals surface area contributed by atoms with Crippen molar-refractivity contribution in [3.8, 4) is 11.5 Å². The molecule has 0 saturated carbocycles.